The molecule has 0 radical (unpaired) electrons. The number of rotatable bonds is 6. The molecule has 3 atom stereocenters. The summed E-state index contributed by atoms with van der Waals surface area (Å²) in [5, 5.41) is 3.67. The molecule has 0 bridgehead atoms. The Morgan fingerprint density at radius 1 is 1.22 bits per heavy atom. The van der Waals surface area contributed by atoms with Crippen molar-refractivity contribution in [3.8, 4) is 0 Å². The van der Waals surface area contributed by atoms with E-state index in [4.69, 9.17) is 0 Å². The molecule has 1 aliphatic heterocycles. The Morgan fingerprint density at radius 2 is 2.06 bits per heavy atom. The van der Waals surface area contributed by atoms with Crippen molar-refractivity contribution in [1.29, 1.82) is 0 Å². The number of likely N-dealkylation sites (N-methyl/N-ethyl adjacent to an activating group) is 1. The Kier molecular flexibility index (Phi) is 5.46. The first-order valence-electron chi connectivity index (χ1n) is 7.83. The minimum Gasteiger partial charge on any atom is -0.314 e. The molecule has 1 heterocycles. The van der Waals surface area contributed by atoms with Gasteiger partial charge in [-0.25, -0.2) is 0 Å². The van der Waals surface area contributed by atoms with Crippen molar-refractivity contribution < 1.29 is 0 Å². The first-order valence-corrected chi connectivity index (χ1v) is 7.83. The van der Waals surface area contributed by atoms with Crippen molar-refractivity contribution in [2.45, 2.75) is 51.1 Å². The Labute approximate surface area is 113 Å². The topological polar surface area (TPSA) is 18.5 Å². The molecule has 1 saturated carbocycles. The molecule has 18 heavy (non-hydrogen) atoms. The summed E-state index contributed by atoms with van der Waals surface area (Å²) in [6.45, 7) is 7.27. The van der Waals surface area contributed by atoms with Crippen LogP contribution in [0.1, 0.15) is 39.0 Å². The summed E-state index contributed by atoms with van der Waals surface area (Å²) >= 11 is 0. The Balaban J connectivity index is 1.69. The third-order valence-corrected chi connectivity index (χ3v) is 4.92. The normalized spacial score (nSPS) is 33.7. The monoisotopic (exact) mass is 253 g/mol. The molecule has 1 saturated heterocycles. The lowest BCUT2D eigenvalue weighted by atomic mass is 9.99. The Bertz CT molecular complexity index is 242. The molecule has 3 heteroatoms. The van der Waals surface area contributed by atoms with Crippen LogP contribution in [0.15, 0.2) is 0 Å². The summed E-state index contributed by atoms with van der Waals surface area (Å²) in [4.78, 5) is 5.06. The Morgan fingerprint density at radius 3 is 2.72 bits per heavy atom. The van der Waals surface area contributed by atoms with E-state index in [9.17, 15) is 0 Å². The van der Waals surface area contributed by atoms with Crippen molar-refractivity contribution >= 4 is 0 Å². The molecule has 0 amide bonds. The predicted molar refractivity (Wildman–Crippen MR) is 78.0 cm³/mol. The van der Waals surface area contributed by atoms with Gasteiger partial charge in [0.15, 0.2) is 0 Å². The fourth-order valence-electron chi connectivity index (χ4n) is 3.70. The zero-order valence-electron chi connectivity index (χ0n) is 12.5. The van der Waals surface area contributed by atoms with Crippen LogP contribution in [0.2, 0.25) is 0 Å². The average molecular weight is 253 g/mol. The lowest BCUT2D eigenvalue weighted by Gasteiger charge is -2.24. The minimum absolute atomic E-state index is 0.790. The number of hydrogen-bond donors (Lipinski definition) is 1. The highest BCUT2D eigenvalue weighted by atomic mass is 15.2. The Hall–Kier alpha value is -0.120. The van der Waals surface area contributed by atoms with Gasteiger partial charge in [-0.2, -0.15) is 0 Å². The van der Waals surface area contributed by atoms with Crippen LogP contribution in [0.4, 0.5) is 0 Å². The van der Waals surface area contributed by atoms with Gasteiger partial charge in [-0.15, -0.1) is 0 Å². The van der Waals surface area contributed by atoms with Gasteiger partial charge in [0.25, 0.3) is 0 Å². The van der Waals surface area contributed by atoms with Crippen LogP contribution in [0.3, 0.4) is 0 Å². The summed E-state index contributed by atoms with van der Waals surface area (Å²) in [6, 6.07) is 1.60. The van der Waals surface area contributed by atoms with Gasteiger partial charge in [-0.1, -0.05) is 13.3 Å². The second kappa shape index (κ2) is 6.88. The van der Waals surface area contributed by atoms with Gasteiger partial charge in [0.2, 0.25) is 0 Å². The van der Waals surface area contributed by atoms with Crippen LogP contribution in [-0.2, 0) is 0 Å². The molecule has 106 valence electrons. The SMILES string of the molecule is CCNC1CCCC1CCN1CCC(N(C)C)C1. The van der Waals surface area contributed by atoms with Crippen molar-refractivity contribution in [2.75, 3.05) is 40.3 Å². The summed E-state index contributed by atoms with van der Waals surface area (Å²) in [5.74, 6) is 0.934. The molecule has 1 aliphatic carbocycles. The molecule has 3 nitrogen and oxygen atoms in total. The van der Waals surface area contributed by atoms with E-state index in [1.165, 1.54) is 51.7 Å². The van der Waals surface area contributed by atoms with Gasteiger partial charge in [0.1, 0.15) is 0 Å². The quantitative estimate of drug-likeness (QED) is 0.778. The third kappa shape index (κ3) is 3.69. The van der Waals surface area contributed by atoms with E-state index >= 15 is 0 Å². The molecule has 3 unspecified atom stereocenters. The van der Waals surface area contributed by atoms with E-state index in [1.54, 1.807) is 0 Å². The smallest absolute Gasteiger partial charge is 0.0229 e. The number of likely N-dealkylation sites (tertiary alicyclic amines) is 1. The minimum atomic E-state index is 0.790. The third-order valence-electron chi connectivity index (χ3n) is 4.92. The average Bonchev–Trinajstić information content (AvgIpc) is 2.95. The molecule has 0 aromatic carbocycles. The lowest BCUT2D eigenvalue weighted by Crippen LogP contribution is -2.35. The highest BCUT2D eigenvalue weighted by Gasteiger charge is 2.28. The number of hydrogen-bond acceptors (Lipinski definition) is 3. The first kappa shape index (κ1) is 14.3. The fraction of sp³-hybridized carbons (Fsp3) is 1.00. The fourth-order valence-corrected chi connectivity index (χ4v) is 3.70. The van der Waals surface area contributed by atoms with Gasteiger partial charge in [0.05, 0.1) is 0 Å². The number of nitrogens with one attached hydrogen (secondary N) is 1. The lowest BCUT2D eigenvalue weighted by molar-refractivity contribution is 0.249. The maximum absolute atomic E-state index is 3.67. The summed E-state index contributed by atoms with van der Waals surface area (Å²) in [7, 11) is 4.43. The van der Waals surface area contributed by atoms with Crippen molar-refractivity contribution in [3.63, 3.8) is 0 Å². The predicted octanol–water partition coefficient (Wildman–Crippen LogP) is 1.79. The molecule has 2 fully saturated rings. The van der Waals surface area contributed by atoms with E-state index in [0.29, 0.717) is 0 Å². The van der Waals surface area contributed by atoms with Crippen LogP contribution >= 0.6 is 0 Å². The van der Waals surface area contributed by atoms with Crippen LogP contribution in [0, 0.1) is 5.92 Å². The van der Waals surface area contributed by atoms with Crippen LogP contribution < -0.4 is 5.32 Å². The molecular weight excluding hydrogens is 222 g/mol. The van der Waals surface area contributed by atoms with Crippen molar-refractivity contribution in [2.24, 2.45) is 5.92 Å². The van der Waals surface area contributed by atoms with Crippen molar-refractivity contribution in [3.05, 3.63) is 0 Å². The second-order valence-corrected chi connectivity index (χ2v) is 6.35. The van der Waals surface area contributed by atoms with Gasteiger partial charge >= 0.3 is 0 Å². The van der Waals surface area contributed by atoms with Gasteiger partial charge in [-0.3, -0.25) is 0 Å². The van der Waals surface area contributed by atoms with E-state index in [0.717, 1.165) is 24.5 Å². The molecule has 0 spiro atoms. The highest BCUT2D eigenvalue weighted by molar-refractivity contribution is 4.85. The molecule has 1 N–H and O–H groups in total. The van der Waals surface area contributed by atoms with Gasteiger partial charge in [0, 0.05) is 18.6 Å². The van der Waals surface area contributed by atoms with Crippen LogP contribution in [0.5, 0.6) is 0 Å². The standard InChI is InChI=1S/C15H31N3/c1-4-16-15-7-5-6-13(15)8-10-18-11-9-14(12-18)17(2)3/h13-16H,4-12H2,1-3H3. The molecule has 2 aliphatic rings. The van der Waals surface area contributed by atoms with E-state index in [2.05, 4.69) is 36.1 Å². The number of nitrogens with zero attached hydrogens (tertiary/aromatic N) is 2. The maximum atomic E-state index is 3.67. The summed E-state index contributed by atoms with van der Waals surface area (Å²) in [5.41, 5.74) is 0. The maximum Gasteiger partial charge on any atom is 0.0229 e. The summed E-state index contributed by atoms with van der Waals surface area (Å²) in [6.07, 6.45) is 7.04. The zero-order valence-corrected chi connectivity index (χ0v) is 12.5. The van der Waals surface area contributed by atoms with Crippen molar-refractivity contribution in [1.82, 2.24) is 15.1 Å². The molecular formula is C15H31N3. The van der Waals surface area contributed by atoms with Crippen LogP contribution in [0.25, 0.3) is 0 Å². The van der Waals surface area contributed by atoms with Gasteiger partial charge < -0.3 is 15.1 Å². The van der Waals surface area contributed by atoms with E-state index in [1.807, 2.05) is 0 Å². The van der Waals surface area contributed by atoms with Gasteiger partial charge in [-0.05, 0) is 65.3 Å². The molecule has 0 aromatic heterocycles. The van der Waals surface area contributed by atoms with E-state index in [-0.39, 0.29) is 0 Å². The van der Waals surface area contributed by atoms with Crippen LogP contribution in [-0.4, -0.2) is 62.2 Å². The highest BCUT2D eigenvalue weighted by Crippen LogP contribution is 2.29. The summed E-state index contributed by atoms with van der Waals surface area (Å²) < 4.78 is 0. The molecule has 0 aromatic rings. The first-order chi connectivity index (χ1) is 8.70. The second-order valence-electron chi connectivity index (χ2n) is 6.35. The largest absolute Gasteiger partial charge is 0.314 e. The zero-order chi connectivity index (χ0) is 13.0. The van der Waals surface area contributed by atoms with E-state index < -0.39 is 0 Å². The molecule has 2 rings (SSSR count).